The van der Waals surface area contributed by atoms with Crippen LogP contribution in [-0.2, 0) is 0 Å². The van der Waals surface area contributed by atoms with Crippen LogP contribution >= 0.6 is 23.8 Å². The van der Waals surface area contributed by atoms with Crippen molar-refractivity contribution in [2.24, 2.45) is 0 Å². The highest BCUT2D eigenvalue weighted by atomic mass is 35.5. The zero-order valence-electron chi connectivity index (χ0n) is 16.9. The summed E-state index contributed by atoms with van der Waals surface area (Å²) in [5, 5.41) is 2.78. The predicted molar refractivity (Wildman–Crippen MR) is 123 cm³/mol. The molecule has 2 aromatic rings. The maximum absolute atomic E-state index is 12.3. The number of hydrogen-bond acceptors (Lipinski definition) is 4. The minimum absolute atomic E-state index is 0.0344. The Kier molecular flexibility index (Phi) is 10.1. The van der Waals surface area contributed by atoms with Crippen molar-refractivity contribution in [1.82, 2.24) is 16.2 Å². The number of hydrogen-bond donors (Lipinski definition) is 3. The maximum atomic E-state index is 12.3. The average molecular weight is 448 g/mol. The summed E-state index contributed by atoms with van der Waals surface area (Å²) in [6.45, 7) is 2.85. The molecular weight excluding hydrogens is 422 g/mol. The lowest BCUT2D eigenvalue weighted by atomic mass is 10.2. The van der Waals surface area contributed by atoms with Gasteiger partial charge in [0.2, 0.25) is 0 Å². The molecule has 2 rings (SSSR count). The molecular formula is C22H26ClN3O3S. The zero-order valence-corrected chi connectivity index (χ0v) is 18.4. The first-order valence-corrected chi connectivity index (χ1v) is 10.7. The molecule has 0 saturated carbocycles. The molecule has 6 nitrogen and oxygen atoms in total. The third-order valence-corrected chi connectivity index (χ3v) is 4.80. The second kappa shape index (κ2) is 12.8. The van der Waals surface area contributed by atoms with Crippen molar-refractivity contribution in [2.45, 2.75) is 39.0 Å². The summed E-state index contributed by atoms with van der Waals surface area (Å²) < 4.78 is 5.69. The first kappa shape index (κ1) is 23.6. The molecule has 2 amide bonds. The molecule has 0 heterocycles. The molecule has 0 unspecified atom stereocenters. The lowest BCUT2D eigenvalue weighted by Gasteiger charge is -2.12. The topological polar surface area (TPSA) is 79.5 Å². The van der Waals surface area contributed by atoms with Gasteiger partial charge in [-0.15, -0.1) is 0 Å². The number of ether oxygens (including phenoxy) is 1. The van der Waals surface area contributed by atoms with Crippen molar-refractivity contribution >= 4 is 40.7 Å². The number of carbonyl (C=O) groups is 2. The summed E-state index contributed by atoms with van der Waals surface area (Å²) in [5.74, 6) is -0.145. The third kappa shape index (κ3) is 8.00. The molecule has 0 aromatic heterocycles. The van der Waals surface area contributed by atoms with Crippen LogP contribution in [0.4, 0.5) is 0 Å². The largest absolute Gasteiger partial charge is 0.494 e. The standard InChI is InChI=1S/C22H26ClN3O3S/c1-2-3-4-5-8-15-29-17-13-11-16(12-14-17)20(27)24-22(30)26-25-21(28)18-9-6-7-10-19(18)23/h6-7,9-14H,2-5,8,15H2,1H3,(H,25,28)(H2,24,26,27,30). The molecule has 3 N–H and O–H groups in total. The number of unbranched alkanes of at least 4 members (excludes halogenated alkanes) is 4. The number of halogens is 1. The molecule has 0 bridgehead atoms. The van der Waals surface area contributed by atoms with E-state index >= 15 is 0 Å². The Morgan fingerprint density at radius 1 is 0.933 bits per heavy atom. The minimum atomic E-state index is -0.464. The van der Waals surface area contributed by atoms with Gasteiger partial charge in [0.15, 0.2) is 5.11 Å². The molecule has 160 valence electrons. The van der Waals surface area contributed by atoms with Crippen molar-refractivity contribution in [2.75, 3.05) is 6.61 Å². The van der Waals surface area contributed by atoms with Crippen LogP contribution in [0.25, 0.3) is 0 Å². The predicted octanol–water partition coefficient (Wildman–Crippen LogP) is 4.64. The summed E-state index contributed by atoms with van der Waals surface area (Å²) in [6.07, 6.45) is 5.88. The second-order valence-electron chi connectivity index (χ2n) is 6.63. The fraction of sp³-hybridized carbons (Fsp3) is 0.318. The van der Waals surface area contributed by atoms with E-state index in [1.807, 2.05) is 0 Å². The number of rotatable bonds is 9. The van der Waals surface area contributed by atoms with Gasteiger partial charge in [-0.1, -0.05) is 56.3 Å². The van der Waals surface area contributed by atoms with Crippen LogP contribution in [-0.4, -0.2) is 23.5 Å². The summed E-state index contributed by atoms with van der Waals surface area (Å²) in [5.41, 5.74) is 5.60. The Labute approximate surface area is 187 Å². The van der Waals surface area contributed by atoms with Crippen molar-refractivity contribution in [1.29, 1.82) is 0 Å². The van der Waals surface area contributed by atoms with Crippen molar-refractivity contribution < 1.29 is 14.3 Å². The van der Waals surface area contributed by atoms with E-state index < -0.39 is 11.8 Å². The number of thiocarbonyl (C=S) groups is 1. The van der Waals surface area contributed by atoms with Gasteiger partial charge in [0.05, 0.1) is 17.2 Å². The molecule has 0 aliphatic heterocycles. The van der Waals surface area contributed by atoms with Gasteiger partial charge in [0.1, 0.15) is 5.75 Å². The van der Waals surface area contributed by atoms with Crippen LogP contribution in [0.1, 0.15) is 59.7 Å². The van der Waals surface area contributed by atoms with E-state index in [1.165, 1.54) is 19.3 Å². The summed E-state index contributed by atoms with van der Waals surface area (Å²) >= 11 is 11.0. The summed E-state index contributed by atoms with van der Waals surface area (Å²) in [7, 11) is 0. The van der Waals surface area contributed by atoms with E-state index in [4.69, 9.17) is 28.6 Å². The van der Waals surface area contributed by atoms with Gasteiger partial charge in [0, 0.05) is 5.56 Å². The van der Waals surface area contributed by atoms with E-state index in [9.17, 15) is 9.59 Å². The number of benzene rings is 2. The Hall–Kier alpha value is -2.64. The van der Waals surface area contributed by atoms with E-state index in [0.29, 0.717) is 22.8 Å². The van der Waals surface area contributed by atoms with E-state index in [2.05, 4.69) is 23.1 Å². The highest BCUT2D eigenvalue weighted by Gasteiger charge is 2.11. The summed E-state index contributed by atoms with van der Waals surface area (Å²) in [6, 6.07) is 13.4. The van der Waals surface area contributed by atoms with Gasteiger partial charge in [0.25, 0.3) is 11.8 Å². The Morgan fingerprint density at radius 2 is 1.63 bits per heavy atom. The van der Waals surface area contributed by atoms with Crippen molar-refractivity contribution in [3.8, 4) is 5.75 Å². The van der Waals surface area contributed by atoms with Gasteiger partial charge >= 0.3 is 0 Å². The lowest BCUT2D eigenvalue weighted by molar-refractivity contribution is 0.0934. The minimum Gasteiger partial charge on any atom is -0.494 e. The third-order valence-electron chi connectivity index (χ3n) is 4.27. The zero-order chi connectivity index (χ0) is 21.8. The normalized spacial score (nSPS) is 10.2. The fourth-order valence-corrected chi connectivity index (χ4v) is 3.00. The van der Waals surface area contributed by atoms with Gasteiger partial charge < -0.3 is 4.74 Å². The first-order valence-electron chi connectivity index (χ1n) is 9.90. The number of amides is 2. The highest BCUT2D eigenvalue weighted by molar-refractivity contribution is 7.80. The smallest absolute Gasteiger partial charge is 0.271 e. The Bertz CT molecular complexity index is 859. The number of carbonyl (C=O) groups excluding carboxylic acids is 2. The maximum Gasteiger partial charge on any atom is 0.271 e. The van der Waals surface area contributed by atoms with Crippen LogP contribution in [0.2, 0.25) is 5.02 Å². The van der Waals surface area contributed by atoms with E-state index in [1.54, 1.807) is 48.5 Å². The van der Waals surface area contributed by atoms with Crippen LogP contribution in [0.5, 0.6) is 5.75 Å². The molecule has 0 aliphatic rings. The van der Waals surface area contributed by atoms with E-state index in [-0.39, 0.29) is 5.11 Å². The quantitative estimate of drug-likeness (QED) is 0.296. The van der Waals surface area contributed by atoms with Crippen LogP contribution in [0.3, 0.4) is 0 Å². The molecule has 2 aromatic carbocycles. The Morgan fingerprint density at radius 3 is 2.33 bits per heavy atom. The average Bonchev–Trinajstić information content (AvgIpc) is 2.75. The molecule has 8 heteroatoms. The van der Waals surface area contributed by atoms with Gasteiger partial charge in [-0.3, -0.25) is 25.8 Å². The monoisotopic (exact) mass is 447 g/mol. The van der Waals surface area contributed by atoms with Gasteiger partial charge in [-0.2, -0.15) is 0 Å². The highest BCUT2D eigenvalue weighted by Crippen LogP contribution is 2.14. The van der Waals surface area contributed by atoms with Gasteiger partial charge in [-0.25, -0.2) is 0 Å². The number of nitrogens with one attached hydrogen (secondary N) is 3. The van der Waals surface area contributed by atoms with Gasteiger partial charge in [-0.05, 0) is 55.0 Å². The Balaban J connectivity index is 1.73. The molecule has 0 spiro atoms. The van der Waals surface area contributed by atoms with E-state index in [0.717, 1.165) is 18.6 Å². The van der Waals surface area contributed by atoms with Crippen LogP contribution < -0.4 is 20.9 Å². The first-order chi connectivity index (χ1) is 14.5. The van der Waals surface area contributed by atoms with Crippen molar-refractivity contribution in [3.05, 3.63) is 64.7 Å². The molecule has 0 atom stereocenters. The molecule has 30 heavy (non-hydrogen) atoms. The molecule has 0 saturated heterocycles. The lowest BCUT2D eigenvalue weighted by Crippen LogP contribution is -2.48. The second-order valence-corrected chi connectivity index (χ2v) is 7.44. The van der Waals surface area contributed by atoms with Crippen LogP contribution in [0.15, 0.2) is 48.5 Å². The fourth-order valence-electron chi connectivity index (χ4n) is 2.63. The number of hydrazine groups is 1. The molecule has 0 aliphatic carbocycles. The van der Waals surface area contributed by atoms with Crippen molar-refractivity contribution in [3.63, 3.8) is 0 Å². The SMILES string of the molecule is CCCCCCCOc1ccc(C(=O)NC(=S)NNC(=O)c2ccccc2Cl)cc1. The summed E-state index contributed by atoms with van der Waals surface area (Å²) in [4.78, 5) is 24.4. The van der Waals surface area contributed by atoms with Crippen LogP contribution in [0, 0.1) is 0 Å². The molecule has 0 radical (unpaired) electrons. The molecule has 0 fully saturated rings.